The Bertz CT molecular complexity index is 615. The van der Waals surface area contributed by atoms with E-state index in [-0.39, 0.29) is 0 Å². The van der Waals surface area contributed by atoms with Crippen LogP contribution in [0, 0.1) is 13.8 Å². The molecular formula is C22H28O. The van der Waals surface area contributed by atoms with Gasteiger partial charge < -0.3 is 4.74 Å². The lowest BCUT2D eigenvalue weighted by Gasteiger charge is -2.14. The number of hydrogen-bond donors (Lipinski definition) is 0. The summed E-state index contributed by atoms with van der Waals surface area (Å²) >= 11 is 0. The van der Waals surface area contributed by atoms with E-state index in [1.807, 2.05) is 6.08 Å². The highest BCUT2D eigenvalue weighted by Crippen LogP contribution is 2.31. The molecule has 0 aliphatic carbocycles. The van der Waals surface area contributed by atoms with E-state index in [9.17, 15) is 0 Å². The standard InChI is InChI=1S/C22H28O/c1-5-7-8-9-14-23-21-15-17(3)22(18(4)16-21)20-12-10-19(6-2)11-13-20/h6,10-13,15-16H,2,5,7-9,14H2,1,3-4H3. The summed E-state index contributed by atoms with van der Waals surface area (Å²) in [5.74, 6) is 0.989. The smallest absolute Gasteiger partial charge is 0.119 e. The summed E-state index contributed by atoms with van der Waals surface area (Å²) in [4.78, 5) is 0. The van der Waals surface area contributed by atoms with Crippen molar-refractivity contribution in [2.45, 2.75) is 46.5 Å². The summed E-state index contributed by atoms with van der Waals surface area (Å²) in [6.45, 7) is 11.2. The molecule has 0 saturated heterocycles. The zero-order valence-corrected chi connectivity index (χ0v) is 14.7. The first-order valence-electron chi connectivity index (χ1n) is 8.62. The fourth-order valence-electron chi connectivity index (χ4n) is 2.97. The third-order valence-electron chi connectivity index (χ3n) is 4.21. The summed E-state index contributed by atoms with van der Waals surface area (Å²) in [5, 5.41) is 0. The van der Waals surface area contributed by atoms with Gasteiger partial charge in [0.1, 0.15) is 5.75 Å². The first-order chi connectivity index (χ1) is 11.2. The predicted octanol–water partition coefficient (Wildman–Crippen LogP) is 6.57. The molecule has 0 N–H and O–H groups in total. The highest BCUT2D eigenvalue weighted by Gasteiger charge is 2.08. The lowest BCUT2D eigenvalue weighted by Crippen LogP contribution is -1.99. The fraction of sp³-hybridized carbons (Fsp3) is 0.364. The van der Waals surface area contributed by atoms with Gasteiger partial charge in [-0.05, 0) is 60.2 Å². The van der Waals surface area contributed by atoms with Crippen LogP contribution >= 0.6 is 0 Å². The van der Waals surface area contributed by atoms with Crippen LogP contribution in [-0.2, 0) is 0 Å². The monoisotopic (exact) mass is 308 g/mol. The van der Waals surface area contributed by atoms with Gasteiger partial charge in [0.25, 0.3) is 0 Å². The zero-order valence-electron chi connectivity index (χ0n) is 14.7. The van der Waals surface area contributed by atoms with Gasteiger partial charge in [0.2, 0.25) is 0 Å². The Morgan fingerprint density at radius 3 is 2.17 bits per heavy atom. The van der Waals surface area contributed by atoms with Gasteiger partial charge in [0.15, 0.2) is 0 Å². The van der Waals surface area contributed by atoms with E-state index in [0.29, 0.717) is 0 Å². The topological polar surface area (TPSA) is 9.23 Å². The normalized spacial score (nSPS) is 10.6. The second kappa shape index (κ2) is 8.57. The molecule has 0 bridgehead atoms. The average Bonchev–Trinajstić information content (AvgIpc) is 2.55. The molecule has 2 aromatic carbocycles. The number of rotatable bonds is 8. The van der Waals surface area contributed by atoms with E-state index in [1.54, 1.807) is 0 Å². The maximum Gasteiger partial charge on any atom is 0.119 e. The van der Waals surface area contributed by atoms with Gasteiger partial charge >= 0.3 is 0 Å². The molecule has 0 radical (unpaired) electrons. The van der Waals surface area contributed by atoms with E-state index >= 15 is 0 Å². The average molecular weight is 308 g/mol. The minimum Gasteiger partial charge on any atom is -0.494 e. The van der Waals surface area contributed by atoms with Crippen molar-refractivity contribution < 1.29 is 4.74 Å². The molecule has 0 saturated carbocycles. The number of ether oxygens (including phenoxy) is 1. The van der Waals surface area contributed by atoms with Crippen LogP contribution in [0.5, 0.6) is 5.75 Å². The first kappa shape index (κ1) is 17.3. The molecule has 1 nitrogen and oxygen atoms in total. The van der Waals surface area contributed by atoms with Crippen LogP contribution in [0.15, 0.2) is 43.0 Å². The zero-order chi connectivity index (χ0) is 16.7. The van der Waals surface area contributed by atoms with Gasteiger partial charge in [0.05, 0.1) is 6.61 Å². The third kappa shape index (κ3) is 4.72. The Morgan fingerprint density at radius 1 is 0.957 bits per heavy atom. The summed E-state index contributed by atoms with van der Waals surface area (Å²) in [7, 11) is 0. The van der Waals surface area contributed by atoms with Gasteiger partial charge in [-0.15, -0.1) is 0 Å². The third-order valence-corrected chi connectivity index (χ3v) is 4.21. The Kier molecular flexibility index (Phi) is 6.46. The van der Waals surface area contributed by atoms with Crippen LogP contribution in [0.2, 0.25) is 0 Å². The van der Waals surface area contributed by atoms with Gasteiger partial charge in [0, 0.05) is 0 Å². The second-order valence-electron chi connectivity index (χ2n) is 6.17. The molecule has 0 spiro atoms. The Hall–Kier alpha value is -2.02. The molecule has 2 aromatic rings. The minimum atomic E-state index is 0.812. The van der Waals surface area contributed by atoms with Crippen molar-refractivity contribution in [1.82, 2.24) is 0 Å². The SMILES string of the molecule is C=Cc1ccc(-c2c(C)cc(OCCCCCC)cc2C)cc1. The molecule has 1 heteroatoms. The van der Waals surface area contributed by atoms with Crippen LogP contribution in [0.3, 0.4) is 0 Å². The summed E-state index contributed by atoms with van der Waals surface area (Å²) in [6.07, 6.45) is 6.82. The summed E-state index contributed by atoms with van der Waals surface area (Å²) in [5.41, 5.74) is 6.23. The second-order valence-corrected chi connectivity index (χ2v) is 6.17. The molecule has 0 fully saturated rings. The van der Waals surface area contributed by atoms with Crippen molar-refractivity contribution in [3.8, 4) is 16.9 Å². The fourth-order valence-corrected chi connectivity index (χ4v) is 2.97. The molecule has 0 heterocycles. The van der Waals surface area contributed by atoms with Crippen LogP contribution < -0.4 is 4.74 Å². The van der Waals surface area contributed by atoms with E-state index in [2.05, 4.69) is 63.7 Å². The van der Waals surface area contributed by atoms with Crippen molar-refractivity contribution >= 4 is 6.08 Å². The molecule has 0 atom stereocenters. The van der Waals surface area contributed by atoms with E-state index in [0.717, 1.165) is 24.3 Å². The number of benzene rings is 2. The van der Waals surface area contributed by atoms with Gasteiger partial charge in [-0.3, -0.25) is 0 Å². The lowest BCUT2D eigenvalue weighted by molar-refractivity contribution is 0.305. The molecule has 0 aliphatic heterocycles. The molecule has 0 aromatic heterocycles. The molecule has 0 unspecified atom stereocenters. The molecule has 122 valence electrons. The number of hydrogen-bond acceptors (Lipinski definition) is 1. The quantitative estimate of drug-likeness (QED) is 0.501. The minimum absolute atomic E-state index is 0.812. The van der Waals surface area contributed by atoms with Crippen molar-refractivity contribution in [2.24, 2.45) is 0 Å². The van der Waals surface area contributed by atoms with E-state index in [1.165, 1.54) is 41.5 Å². The molecule has 0 amide bonds. The van der Waals surface area contributed by atoms with Crippen molar-refractivity contribution in [1.29, 1.82) is 0 Å². The Labute approximate surface area is 141 Å². The summed E-state index contributed by atoms with van der Waals surface area (Å²) < 4.78 is 5.93. The highest BCUT2D eigenvalue weighted by atomic mass is 16.5. The lowest BCUT2D eigenvalue weighted by atomic mass is 9.95. The van der Waals surface area contributed by atoms with Crippen LogP contribution in [0.1, 0.15) is 49.3 Å². The van der Waals surface area contributed by atoms with Crippen LogP contribution in [0.4, 0.5) is 0 Å². The molecular weight excluding hydrogens is 280 g/mol. The Balaban J connectivity index is 2.11. The van der Waals surface area contributed by atoms with Crippen molar-refractivity contribution in [2.75, 3.05) is 6.61 Å². The van der Waals surface area contributed by atoms with Gasteiger partial charge in [-0.1, -0.05) is 63.1 Å². The predicted molar refractivity (Wildman–Crippen MR) is 101 cm³/mol. The van der Waals surface area contributed by atoms with Gasteiger partial charge in [-0.25, -0.2) is 0 Å². The number of aryl methyl sites for hydroxylation is 2. The largest absolute Gasteiger partial charge is 0.494 e. The molecule has 23 heavy (non-hydrogen) atoms. The van der Waals surface area contributed by atoms with Crippen molar-refractivity contribution in [3.05, 3.63) is 59.7 Å². The maximum absolute atomic E-state index is 5.93. The van der Waals surface area contributed by atoms with E-state index in [4.69, 9.17) is 4.74 Å². The summed E-state index contributed by atoms with van der Waals surface area (Å²) in [6, 6.07) is 12.9. The van der Waals surface area contributed by atoms with Crippen molar-refractivity contribution in [3.63, 3.8) is 0 Å². The van der Waals surface area contributed by atoms with Crippen LogP contribution in [0.25, 0.3) is 17.2 Å². The van der Waals surface area contributed by atoms with E-state index < -0.39 is 0 Å². The first-order valence-corrected chi connectivity index (χ1v) is 8.62. The number of unbranched alkanes of at least 4 members (excludes halogenated alkanes) is 3. The molecule has 2 rings (SSSR count). The highest BCUT2D eigenvalue weighted by molar-refractivity contribution is 5.72. The van der Waals surface area contributed by atoms with Gasteiger partial charge in [-0.2, -0.15) is 0 Å². The molecule has 0 aliphatic rings. The maximum atomic E-state index is 5.93. The Morgan fingerprint density at radius 2 is 1.61 bits per heavy atom. The van der Waals surface area contributed by atoms with Crippen LogP contribution in [-0.4, -0.2) is 6.61 Å².